The van der Waals surface area contributed by atoms with E-state index in [0.29, 0.717) is 30.1 Å². The van der Waals surface area contributed by atoms with Gasteiger partial charge in [-0.2, -0.15) is 0 Å². The second-order valence-corrected chi connectivity index (χ2v) is 3.17. The third-order valence-corrected chi connectivity index (χ3v) is 2.01. The summed E-state index contributed by atoms with van der Waals surface area (Å²) in [4.78, 5) is 0. The van der Waals surface area contributed by atoms with Crippen molar-refractivity contribution in [3.8, 4) is 11.5 Å². The summed E-state index contributed by atoms with van der Waals surface area (Å²) in [6.07, 6.45) is 0.345. The molecule has 0 saturated carbocycles. The number of amidine groups is 1. The molecule has 1 aromatic rings. The van der Waals surface area contributed by atoms with Gasteiger partial charge in [-0.05, 0) is 18.2 Å². The van der Waals surface area contributed by atoms with Crippen LogP contribution in [0.15, 0.2) is 18.2 Å². The summed E-state index contributed by atoms with van der Waals surface area (Å²) < 4.78 is 22.3. The van der Waals surface area contributed by atoms with E-state index in [0.717, 1.165) is 0 Å². The van der Waals surface area contributed by atoms with Crippen LogP contribution in [0.4, 0.5) is 4.39 Å². The quantitative estimate of drug-likeness (QED) is 0.441. The summed E-state index contributed by atoms with van der Waals surface area (Å²) in [5.74, 6) is 0.987. The molecule has 0 heterocycles. The van der Waals surface area contributed by atoms with Crippen LogP contribution in [0.1, 0.15) is 12.0 Å². The molecule has 16 heavy (non-hydrogen) atoms. The van der Waals surface area contributed by atoms with Gasteiger partial charge < -0.3 is 15.2 Å². The van der Waals surface area contributed by atoms with Crippen LogP contribution in [0.25, 0.3) is 0 Å². The lowest BCUT2D eigenvalue weighted by atomic mass is 10.2. The SMILES string of the molecule is COc1cc(C(=N)N)ccc1OCCCF. The van der Waals surface area contributed by atoms with Crippen molar-refractivity contribution in [2.45, 2.75) is 6.42 Å². The maximum absolute atomic E-state index is 11.9. The molecular formula is C11H15FN2O2. The molecule has 0 atom stereocenters. The van der Waals surface area contributed by atoms with Crippen LogP contribution < -0.4 is 15.2 Å². The van der Waals surface area contributed by atoms with Crippen LogP contribution in [0.3, 0.4) is 0 Å². The minimum absolute atomic E-state index is 0.0337. The van der Waals surface area contributed by atoms with Gasteiger partial charge in [-0.25, -0.2) is 0 Å². The minimum Gasteiger partial charge on any atom is -0.493 e. The summed E-state index contributed by atoms with van der Waals surface area (Å²) in [6, 6.07) is 4.94. The molecule has 0 aromatic heterocycles. The standard InChI is InChI=1S/C11H15FN2O2/c1-15-10-7-8(11(13)14)3-4-9(10)16-6-2-5-12/h3-4,7H,2,5-6H2,1H3,(H3,13,14). The highest BCUT2D eigenvalue weighted by Crippen LogP contribution is 2.27. The van der Waals surface area contributed by atoms with E-state index in [2.05, 4.69) is 0 Å². The average molecular weight is 226 g/mol. The number of rotatable bonds is 6. The van der Waals surface area contributed by atoms with Crippen LogP contribution >= 0.6 is 0 Å². The van der Waals surface area contributed by atoms with E-state index >= 15 is 0 Å². The normalized spacial score (nSPS) is 9.88. The molecule has 0 fully saturated rings. The Kier molecular flexibility index (Phi) is 4.57. The molecular weight excluding hydrogens is 211 g/mol. The topological polar surface area (TPSA) is 68.3 Å². The van der Waals surface area contributed by atoms with Gasteiger partial charge in [0.15, 0.2) is 11.5 Å². The number of alkyl halides is 1. The summed E-state index contributed by atoms with van der Waals surface area (Å²) in [5.41, 5.74) is 5.91. The fourth-order valence-corrected chi connectivity index (χ4v) is 1.19. The molecule has 4 nitrogen and oxygen atoms in total. The largest absolute Gasteiger partial charge is 0.493 e. The van der Waals surface area contributed by atoms with Crippen LogP contribution in [-0.2, 0) is 0 Å². The predicted octanol–water partition coefficient (Wildman–Crippen LogP) is 1.72. The van der Waals surface area contributed by atoms with Gasteiger partial charge in [0, 0.05) is 12.0 Å². The number of methoxy groups -OCH3 is 1. The van der Waals surface area contributed by atoms with Gasteiger partial charge in [-0.1, -0.05) is 0 Å². The number of benzene rings is 1. The van der Waals surface area contributed by atoms with Gasteiger partial charge in [0.1, 0.15) is 5.84 Å². The number of nitrogens with one attached hydrogen (secondary N) is 1. The number of halogens is 1. The highest BCUT2D eigenvalue weighted by Gasteiger charge is 2.06. The van der Waals surface area contributed by atoms with E-state index in [4.69, 9.17) is 20.6 Å². The molecule has 0 spiro atoms. The average Bonchev–Trinajstić information content (AvgIpc) is 2.29. The van der Waals surface area contributed by atoms with Crippen molar-refractivity contribution < 1.29 is 13.9 Å². The van der Waals surface area contributed by atoms with Gasteiger partial charge in [0.2, 0.25) is 0 Å². The first-order valence-corrected chi connectivity index (χ1v) is 4.90. The Labute approximate surface area is 93.7 Å². The first-order chi connectivity index (χ1) is 7.69. The van der Waals surface area contributed by atoms with Gasteiger partial charge >= 0.3 is 0 Å². The van der Waals surface area contributed by atoms with Crippen molar-refractivity contribution in [1.82, 2.24) is 0 Å². The lowest BCUT2D eigenvalue weighted by Gasteiger charge is -2.11. The van der Waals surface area contributed by atoms with Crippen molar-refractivity contribution in [3.05, 3.63) is 23.8 Å². The molecule has 88 valence electrons. The molecule has 0 amide bonds. The molecule has 5 heteroatoms. The van der Waals surface area contributed by atoms with Crippen molar-refractivity contribution in [3.63, 3.8) is 0 Å². The van der Waals surface area contributed by atoms with Crippen LogP contribution in [-0.4, -0.2) is 26.2 Å². The Morgan fingerprint density at radius 2 is 2.19 bits per heavy atom. The molecule has 0 aliphatic heterocycles. The fraction of sp³-hybridized carbons (Fsp3) is 0.364. The number of nitrogens with two attached hydrogens (primary N) is 1. The van der Waals surface area contributed by atoms with Crippen LogP contribution in [0, 0.1) is 5.41 Å². The van der Waals surface area contributed by atoms with Gasteiger partial charge in [0.25, 0.3) is 0 Å². The molecule has 0 saturated heterocycles. The molecule has 0 bridgehead atoms. The molecule has 1 rings (SSSR count). The molecule has 0 unspecified atom stereocenters. The first-order valence-electron chi connectivity index (χ1n) is 4.90. The molecule has 0 radical (unpaired) electrons. The fourth-order valence-electron chi connectivity index (χ4n) is 1.19. The van der Waals surface area contributed by atoms with Crippen LogP contribution in [0.2, 0.25) is 0 Å². The predicted molar refractivity (Wildman–Crippen MR) is 60.1 cm³/mol. The summed E-state index contributed by atoms with van der Waals surface area (Å²) in [5, 5.41) is 7.28. The first kappa shape index (κ1) is 12.3. The van der Waals surface area contributed by atoms with E-state index in [1.165, 1.54) is 7.11 Å². The zero-order valence-electron chi connectivity index (χ0n) is 9.13. The third-order valence-electron chi connectivity index (χ3n) is 2.01. The number of nitrogen functional groups attached to an aromatic ring is 1. The van der Waals surface area contributed by atoms with Gasteiger partial charge in [-0.15, -0.1) is 0 Å². The highest BCUT2D eigenvalue weighted by atomic mass is 19.1. The minimum atomic E-state index is -0.409. The van der Waals surface area contributed by atoms with Crippen molar-refractivity contribution in [2.75, 3.05) is 20.4 Å². The van der Waals surface area contributed by atoms with E-state index in [1.54, 1.807) is 18.2 Å². The molecule has 1 aromatic carbocycles. The van der Waals surface area contributed by atoms with Crippen molar-refractivity contribution in [2.24, 2.45) is 5.73 Å². The summed E-state index contributed by atoms with van der Waals surface area (Å²) >= 11 is 0. The van der Waals surface area contributed by atoms with Crippen molar-refractivity contribution >= 4 is 5.84 Å². The van der Waals surface area contributed by atoms with Crippen molar-refractivity contribution in [1.29, 1.82) is 5.41 Å². The van der Waals surface area contributed by atoms with E-state index < -0.39 is 6.67 Å². The van der Waals surface area contributed by atoms with Crippen LogP contribution in [0.5, 0.6) is 11.5 Å². The van der Waals surface area contributed by atoms with E-state index in [9.17, 15) is 4.39 Å². The Hall–Kier alpha value is -1.78. The second kappa shape index (κ2) is 5.95. The molecule has 0 aliphatic carbocycles. The lowest BCUT2D eigenvalue weighted by molar-refractivity contribution is 0.274. The third kappa shape index (κ3) is 3.12. The summed E-state index contributed by atoms with van der Waals surface area (Å²) in [7, 11) is 1.50. The Balaban J connectivity index is 2.80. The lowest BCUT2D eigenvalue weighted by Crippen LogP contribution is -2.11. The van der Waals surface area contributed by atoms with E-state index in [-0.39, 0.29) is 5.84 Å². The molecule has 0 aliphatic rings. The second-order valence-electron chi connectivity index (χ2n) is 3.17. The monoisotopic (exact) mass is 226 g/mol. The number of hydrogen-bond acceptors (Lipinski definition) is 3. The molecule has 3 N–H and O–H groups in total. The zero-order chi connectivity index (χ0) is 12.0. The maximum Gasteiger partial charge on any atom is 0.161 e. The zero-order valence-corrected chi connectivity index (χ0v) is 9.13. The van der Waals surface area contributed by atoms with Gasteiger partial charge in [0.05, 0.1) is 20.4 Å². The maximum atomic E-state index is 11.9. The highest BCUT2D eigenvalue weighted by molar-refractivity contribution is 5.95. The van der Waals surface area contributed by atoms with E-state index in [1.807, 2.05) is 0 Å². The Bertz CT molecular complexity index is 369. The number of hydrogen-bond donors (Lipinski definition) is 2. The summed E-state index contributed by atoms with van der Waals surface area (Å²) in [6.45, 7) is -0.111. The smallest absolute Gasteiger partial charge is 0.161 e. The van der Waals surface area contributed by atoms with Gasteiger partial charge in [-0.3, -0.25) is 9.80 Å². The Morgan fingerprint density at radius 3 is 2.75 bits per heavy atom. The Morgan fingerprint density at radius 1 is 1.44 bits per heavy atom. The number of ether oxygens (including phenoxy) is 2.